The zero-order chi connectivity index (χ0) is 23.5. The summed E-state index contributed by atoms with van der Waals surface area (Å²) in [6.07, 6.45) is 2.07. The monoisotopic (exact) mass is 454 g/mol. The van der Waals surface area contributed by atoms with Crippen molar-refractivity contribution in [3.05, 3.63) is 67.0 Å². The molecule has 174 valence electrons. The van der Waals surface area contributed by atoms with Crippen LogP contribution in [0.15, 0.2) is 67.0 Å². The molecule has 0 saturated carbocycles. The minimum absolute atomic E-state index is 0.0104. The normalized spacial score (nSPS) is 11.3. The molecule has 2 aromatic carbocycles. The van der Waals surface area contributed by atoms with Gasteiger partial charge in [0.15, 0.2) is 6.61 Å². The van der Waals surface area contributed by atoms with Gasteiger partial charge in [0.1, 0.15) is 36.5 Å². The van der Waals surface area contributed by atoms with E-state index in [1.807, 2.05) is 18.2 Å². The average molecular weight is 454 g/mol. The Morgan fingerprint density at radius 1 is 1.03 bits per heavy atom. The summed E-state index contributed by atoms with van der Waals surface area (Å²) in [5, 5.41) is 19.4. The number of carbonyl (C=O) groups is 2. The fourth-order valence-electron chi connectivity index (χ4n) is 2.75. The second-order valence-electron chi connectivity index (χ2n) is 7.02. The first-order valence-electron chi connectivity index (χ1n) is 10.2. The Bertz CT molecular complexity index is 1040. The van der Waals surface area contributed by atoms with Gasteiger partial charge in [0.05, 0.1) is 19.0 Å². The molecule has 3 aromatic rings. The molecule has 3 N–H and O–H groups in total. The van der Waals surface area contributed by atoms with E-state index in [-0.39, 0.29) is 38.1 Å². The molecule has 1 atom stereocenters. The van der Waals surface area contributed by atoms with E-state index in [4.69, 9.17) is 14.2 Å². The number of nitrogens with zero attached hydrogens (tertiary/aromatic N) is 2. The number of anilines is 1. The molecule has 0 saturated heterocycles. The number of aliphatic hydroxyl groups excluding tert-OH is 1. The quantitative estimate of drug-likeness (QED) is 0.379. The van der Waals surface area contributed by atoms with E-state index >= 15 is 0 Å². The number of hydrogen-bond acceptors (Lipinski definition) is 7. The highest BCUT2D eigenvalue weighted by Crippen LogP contribution is 2.18. The van der Waals surface area contributed by atoms with E-state index < -0.39 is 6.10 Å². The van der Waals surface area contributed by atoms with Crippen molar-refractivity contribution in [1.82, 2.24) is 15.1 Å². The summed E-state index contributed by atoms with van der Waals surface area (Å²) in [4.78, 5) is 24.1. The van der Waals surface area contributed by atoms with Gasteiger partial charge in [0.25, 0.3) is 5.91 Å². The second kappa shape index (κ2) is 12.1. The van der Waals surface area contributed by atoms with E-state index in [0.29, 0.717) is 22.9 Å². The van der Waals surface area contributed by atoms with Crippen LogP contribution in [-0.2, 0) is 16.1 Å². The highest BCUT2D eigenvalue weighted by Gasteiger charge is 2.11. The number of para-hydroxylation sites is 1. The first-order valence-corrected chi connectivity index (χ1v) is 10.2. The molecule has 1 unspecified atom stereocenters. The number of benzene rings is 2. The molecular formula is C23H26N4O6. The lowest BCUT2D eigenvalue weighted by Gasteiger charge is -2.14. The number of carbonyl (C=O) groups excluding carboxylic acids is 2. The molecule has 0 aliphatic carbocycles. The molecule has 33 heavy (non-hydrogen) atoms. The largest absolute Gasteiger partial charge is 0.497 e. The Kier molecular flexibility index (Phi) is 8.66. The topological polar surface area (TPSA) is 124 Å². The summed E-state index contributed by atoms with van der Waals surface area (Å²) in [5.41, 5.74) is 0.441. The molecule has 0 fully saturated rings. The number of methoxy groups -OCH3 is 1. The van der Waals surface area contributed by atoms with Crippen LogP contribution < -0.4 is 24.8 Å². The van der Waals surface area contributed by atoms with Crippen LogP contribution in [0.1, 0.15) is 0 Å². The Labute approximate surface area is 191 Å². The van der Waals surface area contributed by atoms with E-state index in [1.165, 1.54) is 17.1 Å². The van der Waals surface area contributed by atoms with Crippen LogP contribution >= 0.6 is 0 Å². The van der Waals surface area contributed by atoms with Crippen molar-refractivity contribution in [1.29, 1.82) is 0 Å². The van der Waals surface area contributed by atoms with Crippen LogP contribution in [0.3, 0.4) is 0 Å². The zero-order valence-corrected chi connectivity index (χ0v) is 18.1. The van der Waals surface area contributed by atoms with E-state index in [9.17, 15) is 14.7 Å². The van der Waals surface area contributed by atoms with Gasteiger partial charge in [-0.2, -0.15) is 5.10 Å². The predicted molar refractivity (Wildman–Crippen MR) is 120 cm³/mol. The van der Waals surface area contributed by atoms with Crippen molar-refractivity contribution in [3.63, 3.8) is 0 Å². The maximum atomic E-state index is 12.1. The fraction of sp³-hybridized carbons (Fsp3) is 0.261. The van der Waals surface area contributed by atoms with Gasteiger partial charge in [0, 0.05) is 18.8 Å². The average Bonchev–Trinajstić information content (AvgIpc) is 3.27. The number of nitrogens with one attached hydrogen (secondary N) is 2. The molecule has 10 heteroatoms. The number of aromatic nitrogens is 2. The lowest BCUT2D eigenvalue weighted by Crippen LogP contribution is -2.37. The van der Waals surface area contributed by atoms with Crippen LogP contribution in [0.4, 0.5) is 5.69 Å². The molecule has 0 spiro atoms. The summed E-state index contributed by atoms with van der Waals surface area (Å²) in [5.74, 6) is 1.11. The summed E-state index contributed by atoms with van der Waals surface area (Å²) in [7, 11) is 1.56. The molecular weight excluding hydrogens is 428 g/mol. The minimum atomic E-state index is -0.891. The standard InChI is InChI=1S/C23H26N4O6/c1-31-20-8-5-9-21(10-20)32-15-18(28)12-24-22(29)14-27-13-17(11-25-27)26-23(30)16-33-19-6-3-2-4-7-19/h2-11,13,18,28H,12,14-16H2,1H3,(H,24,29)(H,26,30). The van der Waals surface area contributed by atoms with Gasteiger partial charge >= 0.3 is 0 Å². The Balaban J connectivity index is 1.35. The third-order valence-corrected chi connectivity index (χ3v) is 4.35. The third kappa shape index (κ3) is 8.19. The number of hydrogen-bond donors (Lipinski definition) is 3. The summed E-state index contributed by atoms with van der Waals surface area (Å²) in [6.45, 7) is -0.188. The van der Waals surface area contributed by atoms with Crippen LogP contribution in [0.2, 0.25) is 0 Å². The van der Waals surface area contributed by atoms with Crippen molar-refractivity contribution in [2.24, 2.45) is 0 Å². The van der Waals surface area contributed by atoms with Crippen LogP contribution in [-0.4, -0.2) is 59.7 Å². The van der Waals surface area contributed by atoms with Gasteiger partial charge in [-0.05, 0) is 24.3 Å². The molecule has 0 aliphatic heterocycles. The van der Waals surface area contributed by atoms with Gasteiger partial charge in [-0.25, -0.2) is 0 Å². The van der Waals surface area contributed by atoms with Gasteiger partial charge in [-0.3, -0.25) is 14.3 Å². The van der Waals surface area contributed by atoms with E-state index in [2.05, 4.69) is 15.7 Å². The fourth-order valence-corrected chi connectivity index (χ4v) is 2.75. The van der Waals surface area contributed by atoms with Crippen molar-refractivity contribution in [3.8, 4) is 17.2 Å². The van der Waals surface area contributed by atoms with Crippen molar-refractivity contribution in [2.45, 2.75) is 12.6 Å². The van der Waals surface area contributed by atoms with E-state index in [0.717, 1.165) is 0 Å². The van der Waals surface area contributed by atoms with Crippen LogP contribution in [0.25, 0.3) is 0 Å². The van der Waals surface area contributed by atoms with Gasteiger partial charge in [-0.15, -0.1) is 0 Å². The molecule has 3 rings (SSSR count). The lowest BCUT2D eigenvalue weighted by molar-refractivity contribution is -0.122. The van der Waals surface area contributed by atoms with Gasteiger partial charge in [-0.1, -0.05) is 24.3 Å². The minimum Gasteiger partial charge on any atom is -0.497 e. The lowest BCUT2D eigenvalue weighted by atomic mass is 10.3. The highest BCUT2D eigenvalue weighted by atomic mass is 16.5. The Morgan fingerprint density at radius 2 is 1.79 bits per heavy atom. The van der Waals surface area contributed by atoms with Crippen molar-refractivity contribution < 1.29 is 28.9 Å². The molecule has 0 radical (unpaired) electrons. The van der Waals surface area contributed by atoms with E-state index in [1.54, 1.807) is 43.5 Å². The SMILES string of the molecule is COc1cccc(OCC(O)CNC(=O)Cn2cc(NC(=O)COc3ccccc3)cn2)c1. The first-order chi connectivity index (χ1) is 16.0. The number of ether oxygens (including phenoxy) is 3. The molecule has 1 heterocycles. The van der Waals surface area contributed by atoms with Crippen LogP contribution in [0.5, 0.6) is 17.2 Å². The molecule has 0 aliphatic rings. The second-order valence-corrected chi connectivity index (χ2v) is 7.02. The summed E-state index contributed by atoms with van der Waals surface area (Å²) in [6, 6.07) is 16.0. The maximum absolute atomic E-state index is 12.1. The number of rotatable bonds is 12. The van der Waals surface area contributed by atoms with Crippen LogP contribution in [0, 0.1) is 0 Å². The predicted octanol–water partition coefficient (Wildman–Crippen LogP) is 1.47. The Morgan fingerprint density at radius 3 is 2.58 bits per heavy atom. The highest BCUT2D eigenvalue weighted by molar-refractivity contribution is 5.91. The van der Waals surface area contributed by atoms with Gasteiger partial charge in [0.2, 0.25) is 5.91 Å². The summed E-state index contributed by atoms with van der Waals surface area (Å²) >= 11 is 0. The molecule has 0 bridgehead atoms. The smallest absolute Gasteiger partial charge is 0.262 e. The van der Waals surface area contributed by atoms with Crippen molar-refractivity contribution >= 4 is 17.5 Å². The number of aliphatic hydroxyl groups is 1. The number of amides is 2. The molecule has 10 nitrogen and oxygen atoms in total. The molecule has 1 aromatic heterocycles. The first kappa shape index (κ1) is 23.6. The Hall–Kier alpha value is -4.05. The summed E-state index contributed by atoms with van der Waals surface area (Å²) < 4.78 is 17.4. The van der Waals surface area contributed by atoms with Crippen molar-refractivity contribution in [2.75, 3.05) is 32.2 Å². The van der Waals surface area contributed by atoms with Gasteiger partial charge < -0.3 is 30.0 Å². The molecule has 2 amide bonds. The zero-order valence-electron chi connectivity index (χ0n) is 18.1. The third-order valence-electron chi connectivity index (χ3n) is 4.35. The maximum Gasteiger partial charge on any atom is 0.262 e.